The molecule has 20 heavy (non-hydrogen) atoms. The maximum atomic E-state index is 5.74. The Morgan fingerprint density at radius 2 is 1.35 bits per heavy atom. The van der Waals surface area contributed by atoms with Crippen LogP contribution < -0.4 is 5.73 Å². The molecule has 0 heterocycles. The van der Waals surface area contributed by atoms with E-state index in [2.05, 4.69) is 77.7 Å². The first-order valence-corrected chi connectivity index (χ1v) is 7.95. The summed E-state index contributed by atoms with van der Waals surface area (Å²) in [5.41, 5.74) is 9.22. The van der Waals surface area contributed by atoms with Crippen molar-refractivity contribution in [2.45, 2.75) is 33.0 Å². The van der Waals surface area contributed by atoms with Gasteiger partial charge in [-0.2, -0.15) is 0 Å². The molecule has 0 bridgehead atoms. The summed E-state index contributed by atoms with van der Waals surface area (Å²) >= 11 is 2.34. The molecule has 0 aliphatic heterocycles. The zero-order valence-electron chi connectivity index (χ0n) is 12.0. The van der Waals surface area contributed by atoms with Gasteiger partial charge in [0.1, 0.15) is 0 Å². The van der Waals surface area contributed by atoms with Gasteiger partial charge >= 0.3 is 0 Å². The second kappa shape index (κ2) is 7.09. The molecule has 0 fully saturated rings. The molecule has 0 radical (unpaired) electrons. The number of anilines is 1. The Balaban J connectivity index is 2.07. The number of rotatable bonds is 5. The first-order valence-electron chi connectivity index (χ1n) is 6.87. The topological polar surface area (TPSA) is 29.3 Å². The summed E-state index contributed by atoms with van der Waals surface area (Å²) in [6.45, 7) is 6.40. The molecular formula is C17H21IN2. The molecule has 0 unspecified atom stereocenters. The fourth-order valence-electron chi connectivity index (χ4n) is 2.10. The predicted molar refractivity (Wildman–Crippen MR) is 94.4 cm³/mol. The van der Waals surface area contributed by atoms with E-state index in [0.717, 1.165) is 18.8 Å². The summed E-state index contributed by atoms with van der Waals surface area (Å²) in [4.78, 5) is 2.47. The highest BCUT2D eigenvalue weighted by Gasteiger charge is 2.11. The second-order valence-corrected chi connectivity index (χ2v) is 6.61. The average molecular weight is 380 g/mol. The number of benzene rings is 2. The maximum Gasteiger partial charge on any atom is 0.0314 e. The fraction of sp³-hybridized carbons (Fsp3) is 0.294. The third-order valence-corrected chi connectivity index (χ3v) is 4.11. The molecule has 2 aromatic rings. The summed E-state index contributed by atoms with van der Waals surface area (Å²) in [5, 5.41) is 0. The van der Waals surface area contributed by atoms with E-state index in [1.54, 1.807) is 0 Å². The first-order chi connectivity index (χ1) is 9.54. The van der Waals surface area contributed by atoms with E-state index in [9.17, 15) is 0 Å². The number of halogens is 1. The monoisotopic (exact) mass is 380 g/mol. The molecule has 0 aliphatic rings. The van der Waals surface area contributed by atoms with Gasteiger partial charge in [-0.3, -0.25) is 4.90 Å². The van der Waals surface area contributed by atoms with Gasteiger partial charge in [0.2, 0.25) is 0 Å². The van der Waals surface area contributed by atoms with Crippen LogP contribution in [0, 0.1) is 3.57 Å². The van der Waals surface area contributed by atoms with Gasteiger partial charge in [-0.05, 0) is 71.8 Å². The van der Waals surface area contributed by atoms with Crippen LogP contribution in [0.5, 0.6) is 0 Å². The van der Waals surface area contributed by atoms with Crippen LogP contribution in [-0.2, 0) is 13.1 Å². The number of hydrogen-bond acceptors (Lipinski definition) is 2. The molecule has 2 nitrogen and oxygen atoms in total. The minimum atomic E-state index is 0.506. The van der Waals surface area contributed by atoms with E-state index in [1.165, 1.54) is 14.7 Å². The Bertz CT molecular complexity index is 484. The first kappa shape index (κ1) is 15.3. The Kier molecular flexibility index (Phi) is 5.43. The van der Waals surface area contributed by atoms with E-state index < -0.39 is 0 Å². The van der Waals surface area contributed by atoms with Crippen LogP contribution in [-0.4, -0.2) is 10.9 Å². The Morgan fingerprint density at radius 3 is 1.80 bits per heavy atom. The zero-order chi connectivity index (χ0) is 14.5. The van der Waals surface area contributed by atoms with Gasteiger partial charge < -0.3 is 5.73 Å². The highest BCUT2D eigenvalue weighted by Crippen LogP contribution is 2.15. The molecule has 2 aromatic carbocycles. The SMILES string of the molecule is CC(C)N(Cc1ccc(N)cc1)Cc1ccc(I)cc1. The van der Waals surface area contributed by atoms with Crippen LogP contribution in [0.1, 0.15) is 25.0 Å². The number of nitrogens with zero attached hydrogens (tertiary/aromatic N) is 1. The van der Waals surface area contributed by atoms with Crippen molar-refractivity contribution >= 4 is 28.3 Å². The lowest BCUT2D eigenvalue weighted by atomic mass is 10.1. The Hall–Kier alpha value is -1.07. The van der Waals surface area contributed by atoms with Gasteiger partial charge in [0.25, 0.3) is 0 Å². The number of hydrogen-bond donors (Lipinski definition) is 1. The van der Waals surface area contributed by atoms with Gasteiger partial charge in [-0.1, -0.05) is 24.3 Å². The van der Waals surface area contributed by atoms with Crippen LogP contribution in [0.2, 0.25) is 0 Å². The minimum Gasteiger partial charge on any atom is -0.399 e. The lowest BCUT2D eigenvalue weighted by molar-refractivity contribution is 0.203. The summed E-state index contributed by atoms with van der Waals surface area (Å²) in [6, 6.07) is 17.4. The lowest BCUT2D eigenvalue weighted by Crippen LogP contribution is -2.29. The van der Waals surface area contributed by atoms with Gasteiger partial charge in [0.05, 0.1) is 0 Å². The highest BCUT2D eigenvalue weighted by molar-refractivity contribution is 14.1. The normalized spacial score (nSPS) is 11.2. The third kappa shape index (κ3) is 4.49. The van der Waals surface area contributed by atoms with Crippen LogP contribution >= 0.6 is 22.6 Å². The molecule has 0 spiro atoms. The van der Waals surface area contributed by atoms with E-state index in [4.69, 9.17) is 5.73 Å². The molecule has 0 saturated heterocycles. The van der Waals surface area contributed by atoms with E-state index >= 15 is 0 Å². The van der Waals surface area contributed by atoms with Crippen LogP contribution in [0.3, 0.4) is 0 Å². The maximum absolute atomic E-state index is 5.74. The molecule has 0 aromatic heterocycles. The van der Waals surface area contributed by atoms with Crippen molar-refractivity contribution in [3.63, 3.8) is 0 Å². The smallest absolute Gasteiger partial charge is 0.0314 e. The van der Waals surface area contributed by atoms with E-state index in [0.29, 0.717) is 6.04 Å². The van der Waals surface area contributed by atoms with Crippen molar-refractivity contribution in [1.29, 1.82) is 0 Å². The summed E-state index contributed by atoms with van der Waals surface area (Å²) < 4.78 is 1.28. The highest BCUT2D eigenvalue weighted by atomic mass is 127. The van der Waals surface area contributed by atoms with E-state index in [1.807, 2.05) is 12.1 Å². The average Bonchev–Trinajstić information content (AvgIpc) is 2.42. The predicted octanol–water partition coefficient (Wildman–Crippen LogP) is 4.28. The van der Waals surface area contributed by atoms with Crippen LogP contribution in [0.25, 0.3) is 0 Å². The van der Waals surface area contributed by atoms with Crippen molar-refractivity contribution in [3.05, 3.63) is 63.2 Å². The number of nitrogen functional groups attached to an aromatic ring is 1. The molecule has 2 N–H and O–H groups in total. The Labute approximate surface area is 135 Å². The lowest BCUT2D eigenvalue weighted by Gasteiger charge is -2.26. The van der Waals surface area contributed by atoms with Crippen molar-refractivity contribution in [1.82, 2.24) is 4.90 Å². The fourth-order valence-corrected chi connectivity index (χ4v) is 2.46. The van der Waals surface area contributed by atoms with Crippen molar-refractivity contribution < 1.29 is 0 Å². The third-order valence-electron chi connectivity index (χ3n) is 3.39. The summed E-state index contributed by atoms with van der Waals surface area (Å²) in [6.07, 6.45) is 0. The van der Waals surface area contributed by atoms with Gasteiger partial charge in [0, 0.05) is 28.4 Å². The molecular weight excluding hydrogens is 359 g/mol. The summed E-state index contributed by atoms with van der Waals surface area (Å²) in [7, 11) is 0. The largest absolute Gasteiger partial charge is 0.399 e. The molecule has 0 saturated carbocycles. The van der Waals surface area contributed by atoms with Crippen molar-refractivity contribution in [3.8, 4) is 0 Å². The van der Waals surface area contributed by atoms with E-state index in [-0.39, 0.29) is 0 Å². The van der Waals surface area contributed by atoms with Crippen molar-refractivity contribution in [2.75, 3.05) is 5.73 Å². The van der Waals surface area contributed by atoms with Crippen LogP contribution in [0.15, 0.2) is 48.5 Å². The molecule has 0 atom stereocenters. The minimum absolute atomic E-state index is 0.506. The van der Waals surface area contributed by atoms with Crippen molar-refractivity contribution in [2.24, 2.45) is 0 Å². The molecule has 106 valence electrons. The molecule has 0 amide bonds. The number of nitrogens with two attached hydrogens (primary N) is 1. The quantitative estimate of drug-likeness (QED) is 0.620. The van der Waals surface area contributed by atoms with Gasteiger partial charge in [-0.15, -0.1) is 0 Å². The van der Waals surface area contributed by atoms with Gasteiger partial charge in [0.15, 0.2) is 0 Å². The standard InChI is InChI=1S/C17H21IN2/c1-13(2)20(11-14-3-7-16(18)8-4-14)12-15-5-9-17(19)10-6-15/h3-10,13H,11-12,19H2,1-2H3. The second-order valence-electron chi connectivity index (χ2n) is 5.37. The molecule has 2 rings (SSSR count). The summed E-state index contributed by atoms with van der Waals surface area (Å²) in [5.74, 6) is 0. The van der Waals surface area contributed by atoms with Gasteiger partial charge in [-0.25, -0.2) is 0 Å². The zero-order valence-corrected chi connectivity index (χ0v) is 14.2. The van der Waals surface area contributed by atoms with Crippen LogP contribution in [0.4, 0.5) is 5.69 Å². The molecule has 0 aliphatic carbocycles. The Morgan fingerprint density at radius 1 is 0.900 bits per heavy atom. The molecule has 3 heteroatoms.